The summed E-state index contributed by atoms with van der Waals surface area (Å²) in [7, 11) is 0. The molecule has 0 atom stereocenters. The molecule has 0 bridgehead atoms. The molecule has 108 valence electrons. The van der Waals surface area contributed by atoms with Crippen LogP contribution in [0.2, 0.25) is 0 Å². The Kier molecular flexibility index (Phi) is 7.12. The molecule has 3 nitrogen and oxygen atoms in total. The molecule has 0 radical (unpaired) electrons. The van der Waals surface area contributed by atoms with Gasteiger partial charge in [-0.05, 0) is 29.8 Å². The third kappa shape index (κ3) is 5.19. The van der Waals surface area contributed by atoms with Crippen molar-refractivity contribution in [1.29, 1.82) is 0 Å². The molecule has 0 aliphatic rings. The van der Waals surface area contributed by atoms with Crippen LogP contribution in [0.3, 0.4) is 0 Å². The standard InChI is InChI=1S/C13H12BrFN2OS.ClH/c14-12-6-10(15)4-3-9(12)8-19-13(16)17-7-11-2-1-5-18-11;/h1-6H,7-8H2,(H2,16,17);1H/p-1. The van der Waals surface area contributed by atoms with Crippen molar-refractivity contribution in [2.45, 2.75) is 12.3 Å². The number of amidine groups is 1. The van der Waals surface area contributed by atoms with Gasteiger partial charge in [-0.25, -0.2) is 4.39 Å². The normalized spacial score (nSPS) is 11.2. The summed E-state index contributed by atoms with van der Waals surface area (Å²) in [6.07, 6.45) is 1.60. The minimum absolute atomic E-state index is 0. The second kappa shape index (κ2) is 8.34. The molecule has 0 fully saturated rings. The van der Waals surface area contributed by atoms with E-state index in [4.69, 9.17) is 10.2 Å². The van der Waals surface area contributed by atoms with E-state index < -0.39 is 0 Å². The number of nitrogens with zero attached hydrogens (tertiary/aromatic N) is 1. The second-order valence-electron chi connectivity index (χ2n) is 3.76. The highest BCUT2D eigenvalue weighted by Crippen LogP contribution is 2.22. The van der Waals surface area contributed by atoms with Gasteiger partial charge in [0.25, 0.3) is 0 Å². The molecule has 2 aromatic rings. The van der Waals surface area contributed by atoms with Crippen LogP contribution >= 0.6 is 27.7 Å². The number of rotatable bonds is 4. The number of hydrogen-bond acceptors (Lipinski definition) is 3. The van der Waals surface area contributed by atoms with E-state index in [0.29, 0.717) is 17.5 Å². The number of furan rings is 1. The molecule has 0 saturated heterocycles. The summed E-state index contributed by atoms with van der Waals surface area (Å²) in [5.41, 5.74) is 6.77. The monoisotopic (exact) mass is 377 g/mol. The number of hydrogen-bond donors (Lipinski definition) is 1. The molecule has 0 aliphatic carbocycles. The van der Waals surface area contributed by atoms with Crippen LogP contribution in [0.5, 0.6) is 0 Å². The topological polar surface area (TPSA) is 51.5 Å². The first-order valence-corrected chi connectivity index (χ1v) is 7.32. The van der Waals surface area contributed by atoms with Crippen LogP contribution in [-0.2, 0) is 12.3 Å². The molecule has 0 spiro atoms. The maximum Gasteiger partial charge on any atom is 0.154 e. The molecule has 0 saturated carbocycles. The van der Waals surface area contributed by atoms with E-state index in [0.717, 1.165) is 15.8 Å². The highest BCUT2D eigenvalue weighted by atomic mass is 79.9. The fraction of sp³-hybridized carbons (Fsp3) is 0.154. The van der Waals surface area contributed by atoms with Crippen molar-refractivity contribution in [2.24, 2.45) is 10.7 Å². The molecule has 1 heterocycles. The zero-order valence-electron chi connectivity index (χ0n) is 10.4. The summed E-state index contributed by atoms with van der Waals surface area (Å²) in [4.78, 5) is 4.20. The van der Waals surface area contributed by atoms with Gasteiger partial charge >= 0.3 is 0 Å². The van der Waals surface area contributed by atoms with E-state index in [-0.39, 0.29) is 18.2 Å². The fourth-order valence-electron chi connectivity index (χ4n) is 1.39. The van der Waals surface area contributed by atoms with Gasteiger partial charge < -0.3 is 22.6 Å². The van der Waals surface area contributed by atoms with Crippen LogP contribution < -0.4 is 18.1 Å². The smallest absolute Gasteiger partial charge is 0.154 e. The maximum atomic E-state index is 12.9. The van der Waals surface area contributed by atoms with Crippen molar-refractivity contribution in [1.82, 2.24) is 0 Å². The third-order valence-corrected chi connectivity index (χ3v) is 3.98. The Morgan fingerprint density at radius 1 is 1.40 bits per heavy atom. The summed E-state index contributed by atoms with van der Waals surface area (Å²) in [5, 5.41) is 0.479. The summed E-state index contributed by atoms with van der Waals surface area (Å²) in [6.45, 7) is 0.427. The summed E-state index contributed by atoms with van der Waals surface area (Å²) >= 11 is 4.72. The van der Waals surface area contributed by atoms with Crippen LogP contribution in [0, 0.1) is 5.82 Å². The predicted octanol–water partition coefficient (Wildman–Crippen LogP) is 0.933. The van der Waals surface area contributed by atoms with Gasteiger partial charge in [0.1, 0.15) is 11.6 Å². The van der Waals surface area contributed by atoms with Gasteiger partial charge in [0.05, 0.1) is 12.8 Å². The molecule has 1 aromatic heterocycles. The molecule has 2 N–H and O–H groups in total. The minimum atomic E-state index is -0.264. The molecular formula is C13H12BrClFN2OS-. The lowest BCUT2D eigenvalue weighted by atomic mass is 10.2. The Balaban J connectivity index is 0.00000200. The van der Waals surface area contributed by atoms with Gasteiger partial charge in [0.15, 0.2) is 5.17 Å². The SMILES string of the molecule is NC(=NCc1ccco1)SCc1ccc(F)cc1Br.[Cl-]. The summed E-state index contributed by atoms with van der Waals surface area (Å²) in [5.74, 6) is 1.14. The number of aliphatic imine (C=N–C) groups is 1. The largest absolute Gasteiger partial charge is 1.00 e. The quantitative estimate of drug-likeness (QED) is 0.636. The predicted molar refractivity (Wildman–Crippen MR) is 79.4 cm³/mol. The Labute approximate surface area is 135 Å². The van der Waals surface area contributed by atoms with Gasteiger partial charge in [-0.3, -0.25) is 4.99 Å². The first kappa shape index (κ1) is 17.1. The molecule has 7 heteroatoms. The van der Waals surface area contributed by atoms with E-state index in [2.05, 4.69) is 20.9 Å². The van der Waals surface area contributed by atoms with Crippen molar-refractivity contribution in [3.8, 4) is 0 Å². The van der Waals surface area contributed by atoms with Crippen LogP contribution in [-0.4, -0.2) is 5.17 Å². The van der Waals surface area contributed by atoms with Crippen LogP contribution in [0.25, 0.3) is 0 Å². The lowest BCUT2D eigenvalue weighted by Crippen LogP contribution is -3.00. The number of halogens is 3. The zero-order valence-corrected chi connectivity index (χ0v) is 13.5. The fourth-order valence-corrected chi connectivity index (χ4v) is 2.78. The van der Waals surface area contributed by atoms with Crippen molar-refractivity contribution in [3.63, 3.8) is 0 Å². The lowest BCUT2D eigenvalue weighted by Gasteiger charge is -2.04. The van der Waals surface area contributed by atoms with Crippen molar-refractivity contribution >= 4 is 32.9 Å². The van der Waals surface area contributed by atoms with Crippen LogP contribution in [0.15, 0.2) is 50.5 Å². The molecular weight excluding hydrogens is 367 g/mol. The second-order valence-corrected chi connectivity index (χ2v) is 5.61. The van der Waals surface area contributed by atoms with Gasteiger partial charge in [-0.1, -0.05) is 33.8 Å². The number of benzene rings is 1. The zero-order chi connectivity index (χ0) is 13.7. The highest BCUT2D eigenvalue weighted by Gasteiger charge is 2.03. The maximum absolute atomic E-state index is 12.9. The van der Waals surface area contributed by atoms with E-state index >= 15 is 0 Å². The average molecular weight is 379 g/mol. The van der Waals surface area contributed by atoms with Crippen molar-refractivity contribution in [2.75, 3.05) is 0 Å². The number of nitrogens with two attached hydrogens (primary N) is 1. The highest BCUT2D eigenvalue weighted by molar-refractivity contribution is 9.10. The first-order chi connectivity index (χ1) is 9.15. The van der Waals surface area contributed by atoms with Gasteiger partial charge in [0.2, 0.25) is 0 Å². The van der Waals surface area contributed by atoms with Gasteiger partial charge in [0, 0.05) is 10.2 Å². The first-order valence-electron chi connectivity index (χ1n) is 5.54. The van der Waals surface area contributed by atoms with Crippen molar-refractivity contribution < 1.29 is 21.2 Å². The minimum Gasteiger partial charge on any atom is -1.00 e. The Hall–Kier alpha value is -0.980. The number of thioether (sulfide) groups is 1. The van der Waals surface area contributed by atoms with Crippen molar-refractivity contribution in [3.05, 3.63) is 58.2 Å². The van der Waals surface area contributed by atoms with E-state index in [1.54, 1.807) is 12.3 Å². The van der Waals surface area contributed by atoms with E-state index in [1.807, 2.05) is 12.1 Å². The Morgan fingerprint density at radius 2 is 2.20 bits per heavy atom. The molecule has 2 rings (SSSR count). The Morgan fingerprint density at radius 3 is 2.85 bits per heavy atom. The summed E-state index contributed by atoms with van der Waals surface area (Å²) in [6, 6.07) is 8.25. The van der Waals surface area contributed by atoms with E-state index in [1.165, 1.54) is 23.9 Å². The summed E-state index contributed by atoms with van der Waals surface area (Å²) < 4.78 is 18.8. The third-order valence-electron chi connectivity index (χ3n) is 2.36. The Bertz CT molecular complexity index is 578. The van der Waals surface area contributed by atoms with E-state index in [9.17, 15) is 4.39 Å². The molecule has 0 unspecified atom stereocenters. The molecule has 0 amide bonds. The van der Waals surface area contributed by atoms with Crippen LogP contribution in [0.1, 0.15) is 11.3 Å². The molecule has 0 aliphatic heterocycles. The molecule has 20 heavy (non-hydrogen) atoms. The van der Waals surface area contributed by atoms with Gasteiger partial charge in [-0.2, -0.15) is 0 Å². The average Bonchev–Trinajstić information content (AvgIpc) is 2.88. The van der Waals surface area contributed by atoms with Gasteiger partial charge in [-0.15, -0.1) is 0 Å². The lowest BCUT2D eigenvalue weighted by molar-refractivity contribution is -0.00000491. The molecule has 1 aromatic carbocycles. The van der Waals surface area contributed by atoms with Crippen LogP contribution in [0.4, 0.5) is 4.39 Å².